The van der Waals surface area contributed by atoms with E-state index in [0.717, 1.165) is 22.2 Å². The predicted octanol–water partition coefficient (Wildman–Crippen LogP) is 3.48. The maximum atomic E-state index is 12.3. The molecule has 0 aliphatic carbocycles. The number of para-hydroxylation sites is 1. The Morgan fingerprint density at radius 3 is 2.52 bits per heavy atom. The summed E-state index contributed by atoms with van der Waals surface area (Å²) in [5, 5.41) is 0.990. The molecule has 3 rings (SSSR count). The molecule has 1 aromatic heterocycles. The molecule has 0 bridgehead atoms. The summed E-state index contributed by atoms with van der Waals surface area (Å²) in [4.78, 5) is 32.2. The highest BCUT2D eigenvalue weighted by molar-refractivity contribution is 5.93. The van der Waals surface area contributed by atoms with E-state index in [4.69, 9.17) is 4.74 Å². The molecule has 1 aromatic carbocycles. The molecule has 29 heavy (non-hydrogen) atoms. The molecular formula is C22H27N3O4. The minimum absolute atomic E-state index is 0.268. The van der Waals surface area contributed by atoms with Crippen molar-refractivity contribution in [3.8, 4) is 0 Å². The van der Waals surface area contributed by atoms with Crippen LogP contribution in [0.3, 0.4) is 0 Å². The van der Waals surface area contributed by atoms with Crippen molar-refractivity contribution in [1.29, 1.82) is 0 Å². The van der Waals surface area contributed by atoms with Gasteiger partial charge in [-0.15, -0.1) is 0 Å². The van der Waals surface area contributed by atoms with Gasteiger partial charge in [-0.1, -0.05) is 12.1 Å². The van der Waals surface area contributed by atoms with E-state index in [-0.39, 0.29) is 6.09 Å². The van der Waals surface area contributed by atoms with E-state index in [1.54, 1.807) is 17.2 Å². The fraction of sp³-hybridized carbons (Fsp3) is 0.409. The average Bonchev–Trinajstić information content (AvgIpc) is 2.70. The van der Waals surface area contributed by atoms with E-state index < -0.39 is 11.6 Å². The molecule has 1 aliphatic heterocycles. The highest BCUT2D eigenvalue weighted by atomic mass is 16.6. The Labute approximate surface area is 170 Å². The predicted molar refractivity (Wildman–Crippen MR) is 113 cm³/mol. The van der Waals surface area contributed by atoms with Crippen LogP contribution >= 0.6 is 0 Å². The second-order valence-electron chi connectivity index (χ2n) is 7.93. The minimum atomic E-state index is -0.492. The molecule has 1 saturated heterocycles. The molecule has 0 unspecified atom stereocenters. The van der Waals surface area contributed by atoms with Gasteiger partial charge >= 0.3 is 12.1 Å². The summed E-state index contributed by atoms with van der Waals surface area (Å²) < 4.78 is 10.1. The molecule has 2 heterocycles. The van der Waals surface area contributed by atoms with Crippen LogP contribution < -0.4 is 4.90 Å². The maximum absolute atomic E-state index is 12.3. The van der Waals surface area contributed by atoms with E-state index >= 15 is 0 Å². The van der Waals surface area contributed by atoms with Gasteiger partial charge in [0.25, 0.3) is 0 Å². The lowest BCUT2D eigenvalue weighted by molar-refractivity contribution is -0.134. The summed E-state index contributed by atoms with van der Waals surface area (Å²) >= 11 is 0. The van der Waals surface area contributed by atoms with E-state index in [0.29, 0.717) is 26.2 Å². The van der Waals surface area contributed by atoms with Gasteiger partial charge in [0, 0.05) is 43.8 Å². The Balaban J connectivity index is 1.73. The fourth-order valence-corrected chi connectivity index (χ4v) is 3.20. The van der Waals surface area contributed by atoms with Crippen LogP contribution in [0, 0.1) is 0 Å². The summed E-state index contributed by atoms with van der Waals surface area (Å²) in [5.74, 6) is -0.401. The molecule has 1 amide bonds. The molecule has 154 valence electrons. The van der Waals surface area contributed by atoms with Crippen LogP contribution in [0.25, 0.3) is 17.0 Å². The van der Waals surface area contributed by atoms with Gasteiger partial charge in [-0.3, -0.25) is 4.98 Å². The number of hydrogen-bond donors (Lipinski definition) is 0. The van der Waals surface area contributed by atoms with Crippen molar-refractivity contribution >= 4 is 34.7 Å². The lowest BCUT2D eigenvalue weighted by atomic mass is 10.1. The average molecular weight is 397 g/mol. The number of anilines is 1. The summed E-state index contributed by atoms with van der Waals surface area (Å²) in [6, 6.07) is 8.02. The first-order valence-electron chi connectivity index (χ1n) is 9.64. The standard InChI is InChI=1S/C22H27N3O4/c1-22(2,3)29-21(27)25-12-10-24(11-13-25)18-7-5-6-17-14-16(15-23-20(17)18)8-9-19(26)28-4/h5-9,14-15H,10-13H2,1-4H3/b9-8+. The number of aromatic nitrogens is 1. The van der Waals surface area contributed by atoms with Gasteiger partial charge in [0.05, 0.1) is 18.3 Å². The number of nitrogens with zero attached hydrogens (tertiary/aromatic N) is 3. The van der Waals surface area contributed by atoms with E-state index in [1.165, 1.54) is 13.2 Å². The quantitative estimate of drug-likeness (QED) is 0.583. The monoisotopic (exact) mass is 397 g/mol. The minimum Gasteiger partial charge on any atom is -0.466 e. The van der Waals surface area contributed by atoms with Crippen LogP contribution in [-0.4, -0.2) is 60.8 Å². The molecule has 7 nitrogen and oxygen atoms in total. The number of ether oxygens (including phenoxy) is 2. The van der Waals surface area contributed by atoms with Crippen molar-refractivity contribution < 1.29 is 19.1 Å². The third kappa shape index (κ3) is 5.25. The second kappa shape index (κ2) is 8.51. The molecule has 1 fully saturated rings. The summed E-state index contributed by atoms with van der Waals surface area (Å²) in [7, 11) is 1.35. The first-order chi connectivity index (χ1) is 13.8. The first kappa shape index (κ1) is 20.6. The molecule has 0 radical (unpaired) electrons. The molecule has 0 saturated carbocycles. The van der Waals surface area contributed by atoms with E-state index in [1.807, 2.05) is 45.0 Å². The smallest absolute Gasteiger partial charge is 0.410 e. The zero-order valence-corrected chi connectivity index (χ0v) is 17.3. The number of esters is 1. The largest absolute Gasteiger partial charge is 0.466 e. The van der Waals surface area contributed by atoms with Crippen molar-refractivity contribution in [2.24, 2.45) is 0 Å². The van der Waals surface area contributed by atoms with Crippen molar-refractivity contribution in [2.75, 3.05) is 38.2 Å². The fourth-order valence-electron chi connectivity index (χ4n) is 3.20. The summed E-state index contributed by atoms with van der Waals surface area (Å²) in [6.07, 6.45) is 4.53. The lowest BCUT2D eigenvalue weighted by Gasteiger charge is -2.37. The van der Waals surface area contributed by atoms with Gasteiger partial charge in [0.15, 0.2) is 0 Å². The van der Waals surface area contributed by atoms with Crippen LogP contribution in [0.4, 0.5) is 10.5 Å². The van der Waals surface area contributed by atoms with Gasteiger partial charge in [-0.05, 0) is 44.5 Å². The zero-order chi connectivity index (χ0) is 21.0. The molecule has 7 heteroatoms. The number of piperazine rings is 1. The van der Waals surface area contributed by atoms with Gasteiger partial charge in [-0.2, -0.15) is 0 Å². The molecule has 2 aromatic rings. The number of amides is 1. The number of rotatable bonds is 3. The zero-order valence-electron chi connectivity index (χ0n) is 17.3. The number of fused-ring (bicyclic) bond motifs is 1. The Bertz CT molecular complexity index is 925. The van der Waals surface area contributed by atoms with Crippen LogP contribution in [0.15, 0.2) is 36.5 Å². The highest BCUT2D eigenvalue weighted by Crippen LogP contribution is 2.27. The Morgan fingerprint density at radius 2 is 1.86 bits per heavy atom. The van der Waals surface area contributed by atoms with Crippen molar-refractivity contribution in [2.45, 2.75) is 26.4 Å². The molecular weight excluding hydrogens is 370 g/mol. The summed E-state index contributed by atoms with van der Waals surface area (Å²) in [6.45, 7) is 8.25. The molecule has 0 atom stereocenters. The third-order valence-electron chi connectivity index (χ3n) is 4.60. The normalized spacial score (nSPS) is 15.0. The van der Waals surface area contributed by atoms with Crippen LogP contribution in [0.5, 0.6) is 0 Å². The molecule has 0 N–H and O–H groups in total. The summed E-state index contributed by atoms with van der Waals surface area (Å²) in [5.41, 5.74) is 2.27. The van der Waals surface area contributed by atoms with Gasteiger partial charge in [-0.25, -0.2) is 9.59 Å². The second-order valence-corrected chi connectivity index (χ2v) is 7.93. The number of carbonyl (C=O) groups excluding carboxylic acids is 2. The lowest BCUT2D eigenvalue weighted by Crippen LogP contribution is -2.50. The van der Waals surface area contributed by atoms with E-state index in [9.17, 15) is 9.59 Å². The molecule has 0 spiro atoms. The highest BCUT2D eigenvalue weighted by Gasteiger charge is 2.26. The van der Waals surface area contributed by atoms with Crippen molar-refractivity contribution in [3.63, 3.8) is 0 Å². The molecule has 1 aliphatic rings. The maximum Gasteiger partial charge on any atom is 0.410 e. The van der Waals surface area contributed by atoms with Crippen LogP contribution in [0.1, 0.15) is 26.3 Å². The van der Waals surface area contributed by atoms with Gasteiger partial charge < -0.3 is 19.3 Å². The number of pyridine rings is 1. The SMILES string of the molecule is COC(=O)/C=C/c1cnc2c(N3CCN(C(=O)OC(C)(C)C)CC3)cccc2c1. The number of carbonyl (C=O) groups is 2. The third-order valence-corrected chi connectivity index (χ3v) is 4.60. The van der Waals surface area contributed by atoms with Crippen molar-refractivity contribution in [3.05, 3.63) is 42.1 Å². The van der Waals surface area contributed by atoms with Crippen LogP contribution in [-0.2, 0) is 14.3 Å². The van der Waals surface area contributed by atoms with Crippen molar-refractivity contribution in [1.82, 2.24) is 9.88 Å². The Hall–Kier alpha value is -3.09. The number of hydrogen-bond acceptors (Lipinski definition) is 6. The van der Waals surface area contributed by atoms with Gasteiger partial charge in [0.2, 0.25) is 0 Å². The Morgan fingerprint density at radius 1 is 1.14 bits per heavy atom. The topological polar surface area (TPSA) is 72.0 Å². The van der Waals surface area contributed by atoms with E-state index in [2.05, 4.69) is 14.6 Å². The number of benzene rings is 1. The van der Waals surface area contributed by atoms with Crippen LogP contribution in [0.2, 0.25) is 0 Å². The first-order valence-corrected chi connectivity index (χ1v) is 9.64. The Kier molecular flexibility index (Phi) is 6.06. The van der Waals surface area contributed by atoms with Gasteiger partial charge in [0.1, 0.15) is 5.60 Å². The number of methoxy groups -OCH3 is 1.